The van der Waals surface area contributed by atoms with Gasteiger partial charge in [0.25, 0.3) is 5.69 Å². The molecule has 0 unspecified atom stereocenters. The first kappa shape index (κ1) is 9.11. The summed E-state index contributed by atoms with van der Waals surface area (Å²) in [7, 11) is 0. The Morgan fingerprint density at radius 1 is 1.69 bits per heavy atom. The van der Waals surface area contributed by atoms with Gasteiger partial charge >= 0.3 is 0 Å². The lowest BCUT2D eigenvalue weighted by Gasteiger charge is -1.99. The molecule has 0 aliphatic rings. The molecule has 1 aromatic heterocycles. The predicted molar refractivity (Wildman–Crippen MR) is 46.6 cm³/mol. The van der Waals surface area contributed by atoms with Crippen LogP contribution in [-0.4, -0.2) is 15.7 Å². The molecule has 0 amide bonds. The molecule has 1 heterocycles. The van der Waals surface area contributed by atoms with Crippen molar-refractivity contribution in [1.82, 2.24) is 4.98 Å². The van der Waals surface area contributed by atoms with Crippen molar-refractivity contribution in [2.75, 3.05) is 0 Å². The minimum absolute atomic E-state index is 0.0648. The van der Waals surface area contributed by atoms with E-state index < -0.39 is 4.92 Å². The number of nitrogens with zero attached hydrogens (tertiary/aromatic N) is 2. The summed E-state index contributed by atoms with van der Waals surface area (Å²) in [5, 5.41) is 17.4. The predicted octanol–water partition coefficient (Wildman–Crippen LogP) is 0.582. The van der Waals surface area contributed by atoms with Gasteiger partial charge < -0.3 is 5.73 Å². The lowest BCUT2D eigenvalue weighted by Crippen LogP contribution is -2.13. The highest BCUT2D eigenvalue weighted by Crippen LogP contribution is 2.14. The number of nitrogen functional groups attached to an aromatic ring is 1. The van der Waals surface area contributed by atoms with Crippen molar-refractivity contribution < 1.29 is 4.92 Å². The summed E-state index contributed by atoms with van der Waals surface area (Å²) in [5.74, 6) is -0.196. The topological polar surface area (TPSA) is 106 Å². The highest BCUT2D eigenvalue weighted by Gasteiger charge is 2.12. The van der Waals surface area contributed by atoms with Crippen molar-refractivity contribution >= 4 is 11.5 Å². The SMILES string of the molecule is Cc1nc(C(=N)N)ccc1[N+](=O)[O-]. The van der Waals surface area contributed by atoms with E-state index in [1.54, 1.807) is 0 Å². The Labute approximate surface area is 74.1 Å². The molecule has 6 nitrogen and oxygen atoms in total. The highest BCUT2D eigenvalue weighted by atomic mass is 16.6. The van der Waals surface area contributed by atoms with E-state index in [4.69, 9.17) is 11.1 Å². The molecule has 6 heteroatoms. The van der Waals surface area contributed by atoms with Gasteiger partial charge in [-0.3, -0.25) is 15.5 Å². The van der Waals surface area contributed by atoms with Gasteiger partial charge in [-0.2, -0.15) is 0 Å². The number of pyridine rings is 1. The number of nitrogens with two attached hydrogens (primary N) is 1. The number of hydrogen-bond acceptors (Lipinski definition) is 4. The van der Waals surface area contributed by atoms with Crippen molar-refractivity contribution in [3.63, 3.8) is 0 Å². The van der Waals surface area contributed by atoms with Gasteiger partial charge in [-0.1, -0.05) is 0 Å². The van der Waals surface area contributed by atoms with Gasteiger partial charge in [-0.25, -0.2) is 4.98 Å². The van der Waals surface area contributed by atoms with E-state index in [9.17, 15) is 10.1 Å². The number of nitrogens with one attached hydrogen (secondary N) is 1. The molecular formula is C7H8N4O2. The smallest absolute Gasteiger partial charge is 0.290 e. The van der Waals surface area contributed by atoms with Gasteiger partial charge in [-0.15, -0.1) is 0 Å². The first-order valence-electron chi connectivity index (χ1n) is 3.49. The molecule has 1 aromatic rings. The Morgan fingerprint density at radius 3 is 2.69 bits per heavy atom. The molecule has 0 saturated carbocycles. The van der Waals surface area contributed by atoms with Gasteiger partial charge in [0.15, 0.2) is 0 Å². The molecular weight excluding hydrogens is 172 g/mol. The van der Waals surface area contributed by atoms with Crippen LogP contribution in [0.3, 0.4) is 0 Å². The Bertz CT molecular complexity index is 375. The summed E-state index contributed by atoms with van der Waals surface area (Å²) >= 11 is 0. The first-order valence-corrected chi connectivity index (χ1v) is 3.49. The average molecular weight is 180 g/mol. The van der Waals surface area contributed by atoms with E-state index in [1.165, 1.54) is 19.1 Å². The summed E-state index contributed by atoms with van der Waals surface area (Å²) in [6, 6.07) is 2.65. The maximum Gasteiger partial charge on any atom is 0.290 e. The van der Waals surface area contributed by atoms with Crippen LogP contribution in [0.5, 0.6) is 0 Å². The third kappa shape index (κ3) is 1.78. The van der Waals surface area contributed by atoms with Crippen molar-refractivity contribution in [3.8, 4) is 0 Å². The summed E-state index contributed by atoms with van der Waals surface area (Å²) in [6.07, 6.45) is 0. The standard InChI is InChI=1S/C7H8N4O2/c1-4-6(11(12)13)3-2-5(10-4)7(8)9/h2-3H,1H3,(H3,8,9). The summed E-state index contributed by atoms with van der Waals surface area (Å²) in [5.41, 5.74) is 5.61. The van der Waals surface area contributed by atoms with Crippen LogP contribution < -0.4 is 5.73 Å². The number of aromatic nitrogens is 1. The van der Waals surface area contributed by atoms with E-state index in [-0.39, 0.29) is 22.9 Å². The quantitative estimate of drug-likeness (QED) is 0.300. The lowest BCUT2D eigenvalue weighted by atomic mass is 10.2. The van der Waals surface area contributed by atoms with E-state index in [1.807, 2.05) is 0 Å². The molecule has 0 radical (unpaired) electrons. The molecule has 0 saturated heterocycles. The molecule has 0 aliphatic heterocycles. The molecule has 0 aliphatic carbocycles. The zero-order chi connectivity index (χ0) is 10.0. The zero-order valence-electron chi connectivity index (χ0n) is 6.94. The van der Waals surface area contributed by atoms with E-state index >= 15 is 0 Å². The van der Waals surface area contributed by atoms with Crippen LogP contribution in [0, 0.1) is 22.4 Å². The molecule has 0 spiro atoms. The van der Waals surface area contributed by atoms with E-state index in [2.05, 4.69) is 4.98 Å². The van der Waals surface area contributed by atoms with Gasteiger partial charge in [0.2, 0.25) is 0 Å². The van der Waals surface area contributed by atoms with Crippen LogP contribution in [0.15, 0.2) is 12.1 Å². The molecule has 13 heavy (non-hydrogen) atoms. The Hall–Kier alpha value is -1.98. The highest BCUT2D eigenvalue weighted by molar-refractivity contribution is 5.93. The third-order valence-electron chi connectivity index (χ3n) is 1.53. The molecule has 0 bridgehead atoms. The minimum atomic E-state index is -0.522. The minimum Gasteiger partial charge on any atom is -0.382 e. The van der Waals surface area contributed by atoms with Crippen LogP contribution in [0.2, 0.25) is 0 Å². The normalized spacial score (nSPS) is 9.62. The van der Waals surface area contributed by atoms with Crippen LogP contribution >= 0.6 is 0 Å². The van der Waals surface area contributed by atoms with E-state index in [0.29, 0.717) is 0 Å². The second-order valence-corrected chi connectivity index (χ2v) is 2.47. The van der Waals surface area contributed by atoms with Gasteiger partial charge in [-0.05, 0) is 13.0 Å². The summed E-state index contributed by atoms with van der Waals surface area (Å²) in [4.78, 5) is 13.7. The maximum atomic E-state index is 10.4. The fourth-order valence-corrected chi connectivity index (χ4v) is 0.897. The van der Waals surface area contributed by atoms with Gasteiger partial charge in [0.1, 0.15) is 17.2 Å². The maximum absolute atomic E-state index is 10.4. The van der Waals surface area contributed by atoms with Crippen molar-refractivity contribution in [1.29, 1.82) is 5.41 Å². The fourth-order valence-electron chi connectivity index (χ4n) is 0.897. The second kappa shape index (κ2) is 3.18. The molecule has 68 valence electrons. The Kier molecular flexibility index (Phi) is 2.23. The van der Waals surface area contributed by atoms with Crippen LogP contribution in [0.1, 0.15) is 11.4 Å². The van der Waals surface area contributed by atoms with Gasteiger partial charge in [0, 0.05) is 6.07 Å². The lowest BCUT2D eigenvalue weighted by molar-refractivity contribution is -0.385. The molecule has 0 atom stereocenters. The van der Waals surface area contributed by atoms with Crippen LogP contribution in [-0.2, 0) is 0 Å². The van der Waals surface area contributed by atoms with Crippen LogP contribution in [0.4, 0.5) is 5.69 Å². The molecule has 0 fully saturated rings. The molecule has 1 rings (SSSR count). The van der Waals surface area contributed by atoms with Crippen molar-refractivity contribution in [2.45, 2.75) is 6.92 Å². The number of aryl methyl sites for hydroxylation is 1. The number of amidine groups is 1. The number of hydrogen-bond donors (Lipinski definition) is 2. The zero-order valence-corrected chi connectivity index (χ0v) is 6.94. The number of rotatable bonds is 2. The summed E-state index contributed by atoms with van der Waals surface area (Å²) < 4.78 is 0. The summed E-state index contributed by atoms with van der Waals surface area (Å²) in [6.45, 7) is 1.50. The second-order valence-electron chi connectivity index (χ2n) is 2.47. The Balaban J connectivity index is 3.20. The largest absolute Gasteiger partial charge is 0.382 e. The Morgan fingerprint density at radius 2 is 2.31 bits per heavy atom. The van der Waals surface area contributed by atoms with E-state index in [0.717, 1.165) is 0 Å². The van der Waals surface area contributed by atoms with Crippen molar-refractivity contribution in [3.05, 3.63) is 33.6 Å². The third-order valence-corrected chi connectivity index (χ3v) is 1.53. The fraction of sp³-hybridized carbons (Fsp3) is 0.143. The van der Waals surface area contributed by atoms with Crippen molar-refractivity contribution in [2.24, 2.45) is 5.73 Å². The monoisotopic (exact) mass is 180 g/mol. The van der Waals surface area contributed by atoms with Gasteiger partial charge in [0.05, 0.1) is 4.92 Å². The molecule has 3 N–H and O–H groups in total. The molecule has 0 aromatic carbocycles. The van der Waals surface area contributed by atoms with Crippen LogP contribution in [0.25, 0.3) is 0 Å². The average Bonchev–Trinajstić information content (AvgIpc) is 2.03. The first-order chi connectivity index (χ1) is 6.02. The number of nitro groups is 1.